The summed E-state index contributed by atoms with van der Waals surface area (Å²) in [6.07, 6.45) is 1.40. The Morgan fingerprint density at radius 3 is 2.70 bits per heavy atom. The molecule has 0 aliphatic carbocycles. The molecule has 1 amide bonds. The van der Waals surface area contributed by atoms with Crippen LogP contribution in [0.3, 0.4) is 0 Å². The maximum Gasteiger partial charge on any atom is 0.349 e. The summed E-state index contributed by atoms with van der Waals surface area (Å²) < 4.78 is 20.3. The van der Waals surface area contributed by atoms with Crippen LogP contribution in [-0.4, -0.2) is 17.1 Å². The largest absolute Gasteiger partial charge is 0.422 e. The van der Waals surface area contributed by atoms with Gasteiger partial charge in [0.2, 0.25) is 5.13 Å². The van der Waals surface area contributed by atoms with Gasteiger partial charge in [-0.2, -0.15) is 10.1 Å². The van der Waals surface area contributed by atoms with Crippen LogP contribution in [0.4, 0.5) is 9.52 Å². The highest BCUT2D eigenvalue weighted by Gasteiger charge is 2.25. The quantitative estimate of drug-likeness (QED) is 0.165. The van der Waals surface area contributed by atoms with Crippen molar-refractivity contribution in [1.82, 2.24) is 4.98 Å². The molecule has 0 fully saturated rings. The van der Waals surface area contributed by atoms with Crippen molar-refractivity contribution >= 4 is 65.7 Å². The minimum absolute atomic E-state index is 0.176. The van der Waals surface area contributed by atoms with E-state index < -0.39 is 11.5 Å². The average molecular weight is 522 g/mol. The molecule has 0 saturated carbocycles. The van der Waals surface area contributed by atoms with Gasteiger partial charge < -0.3 is 4.42 Å². The van der Waals surface area contributed by atoms with E-state index in [1.807, 2.05) is 18.2 Å². The Bertz CT molecular complexity index is 1590. The highest BCUT2D eigenvalue weighted by Crippen LogP contribution is 2.32. The van der Waals surface area contributed by atoms with Gasteiger partial charge in [0, 0.05) is 9.86 Å². The van der Waals surface area contributed by atoms with Crippen molar-refractivity contribution in [2.75, 3.05) is 5.01 Å². The molecule has 5 rings (SSSR count). The minimum Gasteiger partial charge on any atom is -0.422 e. The molecule has 0 spiro atoms. The SMILES string of the molecule is O=C(c1cc2ccccc2oc1=O)N(/N=C/c1ccc(F)cc1)c1nc2ccc(Br)cc2s1. The van der Waals surface area contributed by atoms with Gasteiger partial charge >= 0.3 is 5.63 Å². The zero-order valence-corrected chi connectivity index (χ0v) is 19.1. The number of carbonyl (C=O) groups is 1. The molecule has 33 heavy (non-hydrogen) atoms. The Balaban J connectivity index is 1.62. The highest BCUT2D eigenvalue weighted by atomic mass is 79.9. The van der Waals surface area contributed by atoms with Gasteiger partial charge in [-0.1, -0.05) is 57.6 Å². The summed E-state index contributed by atoms with van der Waals surface area (Å²) >= 11 is 4.68. The van der Waals surface area contributed by atoms with E-state index in [1.54, 1.807) is 24.3 Å². The first-order valence-corrected chi connectivity index (χ1v) is 11.3. The first-order chi connectivity index (χ1) is 16.0. The average Bonchev–Trinajstić information content (AvgIpc) is 3.22. The van der Waals surface area contributed by atoms with E-state index in [1.165, 1.54) is 47.9 Å². The Morgan fingerprint density at radius 2 is 1.88 bits per heavy atom. The molecule has 5 aromatic rings. The van der Waals surface area contributed by atoms with Crippen molar-refractivity contribution in [1.29, 1.82) is 0 Å². The summed E-state index contributed by atoms with van der Waals surface area (Å²) in [7, 11) is 0. The summed E-state index contributed by atoms with van der Waals surface area (Å²) in [4.78, 5) is 30.6. The third kappa shape index (κ3) is 4.33. The Kier molecular flexibility index (Phi) is 5.57. The van der Waals surface area contributed by atoms with Crippen LogP contribution in [0, 0.1) is 5.82 Å². The molecule has 162 valence electrons. The number of thiazole rings is 1. The van der Waals surface area contributed by atoms with E-state index in [0.717, 1.165) is 14.2 Å². The molecule has 0 saturated heterocycles. The topological polar surface area (TPSA) is 75.8 Å². The molecule has 2 aromatic heterocycles. The van der Waals surface area contributed by atoms with Crippen LogP contribution in [-0.2, 0) is 0 Å². The zero-order chi connectivity index (χ0) is 22.9. The number of hydrogen-bond donors (Lipinski definition) is 0. The minimum atomic E-state index is -0.774. The number of para-hydroxylation sites is 1. The molecular formula is C24H13BrFN3O3S. The summed E-state index contributed by atoms with van der Waals surface area (Å²) in [5.74, 6) is -1.07. The lowest BCUT2D eigenvalue weighted by molar-refractivity contribution is 0.0984. The third-order valence-corrected chi connectivity index (χ3v) is 6.26. The number of carbonyl (C=O) groups excluding carboxylic acids is 1. The molecule has 0 atom stereocenters. The van der Waals surface area contributed by atoms with E-state index in [9.17, 15) is 14.0 Å². The first kappa shape index (κ1) is 21.2. The van der Waals surface area contributed by atoms with Gasteiger partial charge in [0.25, 0.3) is 5.91 Å². The number of amides is 1. The third-order valence-electron chi connectivity index (χ3n) is 4.78. The number of hydrogen-bond acceptors (Lipinski definition) is 6. The molecule has 0 radical (unpaired) electrons. The number of nitrogens with zero attached hydrogens (tertiary/aromatic N) is 3. The molecule has 6 nitrogen and oxygen atoms in total. The van der Waals surface area contributed by atoms with Gasteiger partial charge in [0.15, 0.2) is 0 Å². The lowest BCUT2D eigenvalue weighted by Gasteiger charge is -2.13. The smallest absolute Gasteiger partial charge is 0.349 e. The second-order valence-electron chi connectivity index (χ2n) is 7.01. The summed E-state index contributed by atoms with van der Waals surface area (Å²) in [6, 6.07) is 19.6. The second-order valence-corrected chi connectivity index (χ2v) is 8.93. The molecule has 9 heteroatoms. The molecule has 2 heterocycles. The van der Waals surface area contributed by atoms with Crippen molar-refractivity contribution in [3.05, 3.63) is 105 Å². The lowest BCUT2D eigenvalue weighted by Crippen LogP contribution is -2.30. The van der Waals surface area contributed by atoms with Gasteiger partial charge in [-0.3, -0.25) is 4.79 Å². The summed E-state index contributed by atoms with van der Waals surface area (Å²) in [5, 5.41) is 6.24. The number of benzene rings is 3. The standard InChI is InChI=1S/C24H13BrFN3O3S/c25-16-7-10-19-21(12-16)33-24(28-19)29(27-13-14-5-8-17(26)9-6-14)22(30)18-11-15-3-1-2-4-20(15)32-23(18)31/h1-13H/b27-13+. The van der Waals surface area contributed by atoms with Crippen molar-refractivity contribution in [2.45, 2.75) is 0 Å². The van der Waals surface area contributed by atoms with Crippen LogP contribution < -0.4 is 10.6 Å². The molecule has 0 N–H and O–H groups in total. The van der Waals surface area contributed by atoms with Crippen LogP contribution in [0.25, 0.3) is 21.2 Å². The van der Waals surface area contributed by atoms with Crippen molar-refractivity contribution < 1.29 is 13.6 Å². The van der Waals surface area contributed by atoms with Gasteiger partial charge in [-0.15, -0.1) is 0 Å². The number of aromatic nitrogens is 1. The van der Waals surface area contributed by atoms with E-state index in [2.05, 4.69) is 26.0 Å². The number of rotatable bonds is 4. The van der Waals surface area contributed by atoms with Crippen molar-refractivity contribution in [2.24, 2.45) is 5.10 Å². The summed E-state index contributed by atoms with van der Waals surface area (Å²) in [6.45, 7) is 0. The van der Waals surface area contributed by atoms with Gasteiger partial charge in [0.05, 0.1) is 16.4 Å². The van der Waals surface area contributed by atoms with Gasteiger partial charge in [-0.25, -0.2) is 14.2 Å². The maximum atomic E-state index is 13.5. The number of hydrazone groups is 1. The van der Waals surface area contributed by atoms with E-state index in [4.69, 9.17) is 4.42 Å². The predicted molar refractivity (Wildman–Crippen MR) is 131 cm³/mol. The molecule has 0 unspecified atom stereocenters. The van der Waals surface area contributed by atoms with E-state index in [-0.39, 0.29) is 16.5 Å². The van der Waals surface area contributed by atoms with Crippen molar-refractivity contribution in [3.63, 3.8) is 0 Å². The van der Waals surface area contributed by atoms with Crippen LogP contribution >= 0.6 is 27.3 Å². The van der Waals surface area contributed by atoms with Gasteiger partial charge in [0.1, 0.15) is 17.0 Å². The first-order valence-electron chi connectivity index (χ1n) is 9.71. The molecule has 0 aliphatic rings. The van der Waals surface area contributed by atoms with Crippen LogP contribution in [0.1, 0.15) is 15.9 Å². The fourth-order valence-corrected chi connectivity index (χ4v) is 4.64. The summed E-state index contributed by atoms with van der Waals surface area (Å²) in [5.41, 5.74) is 0.683. The Hall–Kier alpha value is -3.69. The van der Waals surface area contributed by atoms with Crippen LogP contribution in [0.5, 0.6) is 0 Å². The monoisotopic (exact) mass is 521 g/mol. The Labute approximate surface area is 198 Å². The fraction of sp³-hybridized carbons (Fsp3) is 0. The second kappa shape index (κ2) is 8.68. The highest BCUT2D eigenvalue weighted by molar-refractivity contribution is 9.10. The van der Waals surface area contributed by atoms with Crippen LogP contribution in [0.15, 0.2) is 91.6 Å². The molecule has 0 bridgehead atoms. The van der Waals surface area contributed by atoms with Crippen LogP contribution in [0.2, 0.25) is 0 Å². The van der Waals surface area contributed by atoms with E-state index >= 15 is 0 Å². The number of fused-ring (bicyclic) bond motifs is 2. The Morgan fingerprint density at radius 1 is 1.09 bits per heavy atom. The molecule has 0 aliphatic heterocycles. The fourth-order valence-electron chi connectivity index (χ4n) is 3.16. The van der Waals surface area contributed by atoms with Gasteiger partial charge in [-0.05, 0) is 48.0 Å². The lowest BCUT2D eigenvalue weighted by atomic mass is 10.2. The van der Waals surface area contributed by atoms with E-state index in [0.29, 0.717) is 22.0 Å². The number of halogens is 2. The predicted octanol–water partition coefficient (Wildman–Crippen LogP) is 5.99. The zero-order valence-electron chi connectivity index (χ0n) is 16.7. The molecular weight excluding hydrogens is 509 g/mol. The number of anilines is 1. The maximum absolute atomic E-state index is 13.5. The van der Waals surface area contributed by atoms with Crippen molar-refractivity contribution in [3.8, 4) is 0 Å². The molecule has 3 aromatic carbocycles. The normalized spacial score (nSPS) is 11.5.